The summed E-state index contributed by atoms with van der Waals surface area (Å²) >= 11 is 0. The van der Waals surface area contributed by atoms with Gasteiger partial charge in [0.2, 0.25) is 5.88 Å². The predicted octanol–water partition coefficient (Wildman–Crippen LogP) is 2.50. The molecule has 0 fully saturated rings. The van der Waals surface area contributed by atoms with Crippen LogP contribution in [-0.2, 0) is 14.3 Å². The number of allylic oxidation sites excluding steroid dienone is 2. The van der Waals surface area contributed by atoms with Crippen molar-refractivity contribution in [1.82, 2.24) is 0 Å². The zero-order valence-electron chi connectivity index (χ0n) is 12.2. The summed E-state index contributed by atoms with van der Waals surface area (Å²) in [6.45, 7) is 5.22. The molecule has 0 saturated heterocycles. The molecule has 2 N–H and O–H groups in total. The number of carbonyl (C=O) groups is 1. The van der Waals surface area contributed by atoms with Gasteiger partial charge in [0.25, 0.3) is 0 Å². The van der Waals surface area contributed by atoms with Gasteiger partial charge >= 0.3 is 5.97 Å². The fourth-order valence-electron chi connectivity index (χ4n) is 2.34. The number of benzene rings is 1. The van der Waals surface area contributed by atoms with E-state index >= 15 is 0 Å². The summed E-state index contributed by atoms with van der Waals surface area (Å²) in [4.78, 5) is 12.3. The van der Waals surface area contributed by atoms with Crippen LogP contribution in [0.15, 0.2) is 65.8 Å². The third kappa shape index (κ3) is 2.86. The lowest BCUT2D eigenvalue weighted by Crippen LogP contribution is -2.25. The first kappa shape index (κ1) is 15.4. The first-order valence-electron chi connectivity index (χ1n) is 6.71. The molecule has 1 unspecified atom stereocenters. The number of nitrogens with two attached hydrogens (primary N) is 1. The maximum Gasteiger partial charge on any atom is 0.338 e. The Morgan fingerprint density at radius 2 is 2.18 bits per heavy atom. The number of nitriles is 1. The van der Waals surface area contributed by atoms with E-state index in [9.17, 15) is 10.1 Å². The highest BCUT2D eigenvalue weighted by Gasteiger charge is 2.36. The highest BCUT2D eigenvalue weighted by molar-refractivity contribution is 5.92. The minimum absolute atomic E-state index is 0.00845. The van der Waals surface area contributed by atoms with Crippen molar-refractivity contribution in [3.05, 3.63) is 71.3 Å². The van der Waals surface area contributed by atoms with Crippen molar-refractivity contribution in [1.29, 1.82) is 5.26 Å². The topological polar surface area (TPSA) is 85.3 Å². The molecule has 22 heavy (non-hydrogen) atoms. The third-order valence-corrected chi connectivity index (χ3v) is 3.29. The van der Waals surface area contributed by atoms with Crippen molar-refractivity contribution in [2.45, 2.75) is 12.8 Å². The summed E-state index contributed by atoms with van der Waals surface area (Å²) in [7, 11) is 0. The molecule has 1 heterocycles. The quantitative estimate of drug-likeness (QED) is 0.681. The van der Waals surface area contributed by atoms with Crippen LogP contribution in [0.5, 0.6) is 0 Å². The van der Waals surface area contributed by atoms with E-state index in [-0.39, 0.29) is 23.6 Å². The van der Waals surface area contributed by atoms with Crippen LogP contribution >= 0.6 is 0 Å². The summed E-state index contributed by atoms with van der Waals surface area (Å²) in [5.41, 5.74) is 7.05. The van der Waals surface area contributed by atoms with Gasteiger partial charge in [-0.25, -0.2) is 4.79 Å². The fourth-order valence-corrected chi connectivity index (χ4v) is 2.34. The number of hydrogen-bond acceptors (Lipinski definition) is 5. The molecule has 1 aromatic rings. The Hall–Kier alpha value is -3.00. The Morgan fingerprint density at radius 1 is 1.50 bits per heavy atom. The maximum absolute atomic E-state index is 12.3. The van der Waals surface area contributed by atoms with E-state index in [2.05, 4.69) is 6.58 Å². The lowest BCUT2D eigenvalue weighted by atomic mass is 9.83. The Morgan fingerprint density at radius 3 is 2.77 bits per heavy atom. The predicted molar refractivity (Wildman–Crippen MR) is 81.0 cm³/mol. The highest BCUT2D eigenvalue weighted by atomic mass is 16.5. The molecular formula is C17H16N2O3. The van der Waals surface area contributed by atoms with Gasteiger partial charge in [-0.05, 0) is 12.5 Å². The van der Waals surface area contributed by atoms with Gasteiger partial charge in [-0.1, -0.05) is 43.0 Å². The van der Waals surface area contributed by atoms with E-state index in [4.69, 9.17) is 15.2 Å². The molecule has 1 atom stereocenters. The van der Waals surface area contributed by atoms with Crippen molar-refractivity contribution in [2.24, 2.45) is 5.73 Å². The van der Waals surface area contributed by atoms with Crippen LogP contribution in [0.25, 0.3) is 0 Å². The van der Waals surface area contributed by atoms with E-state index in [1.807, 2.05) is 36.4 Å². The molecule has 5 heteroatoms. The molecule has 5 nitrogen and oxygen atoms in total. The van der Waals surface area contributed by atoms with Gasteiger partial charge < -0.3 is 15.2 Å². The van der Waals surface area contributed by atoms with Gasteiger partial charge in [0, 0.05) is 0 Å². The lowest BCUT2D eigenvalue weighted by Gasteiger charge is -2.26. The highest BCUT2D eigenvalue weighted by Crippen LogP contribution is 2.39. The smallest absolute Gasteiger partial charge is 0.338 e. The van der Waals surface area contributed by atoms with E-state index in [0.717, 1.165) is 5.56 Å². The summed E-state index contributed by atoms with van der Waals surface area (Å²) < 4.78 is 10.5. The van der Waals surface area contributed by atoms with Crippen LogP contribution in [0.4, 0.5) is 0 Å². The van der Waals surface area contributed by atoms with Crippen LogP contribution < -0.4 is 5.73 Å². The van der Waals surface area contributed by atoms with Gasteiger partial charge in [-0.3, -0.25) is 0 Å². The molecule has 0 saturated carbocycles. The fraction of sp³-hybridized carbons (Fsp3) is 0.176. The average Bonchev–Trinajstić information content (AvgIpc) is 2.52. The largest absolute Gasteiger partial charge is 0.458 e. The Bertz CT molecular complexity index is 696. The number of esters is 1. The summed E-state index contributed by atoms with van der Waals surface area (Å²) in [6.07, 6.45) is 1.48. The first-order valence-corrected chi connectivity index (χ1v) is 6.71. The Balaban J connectivity index is 2.53. The molecule has 2 rings (SSSR count). The van der Waals surface area contributed by atoms with Crippen LogP contribution in [0.2, 0.25) is 0 Å². The van der Waals surface area contributed by atoms with E-state index in [1.54, 1.807) is 6.92 Å². The monoisotopic (exact) mass is 296 g/mol. The van der Waals surface area contributed by atoms with Crippen LogP contribution in [-0.4, -0.2) is 12.6 Å². The van der Waals surface area contributed by atoms with Crippen molar-refractivity contribution < 1.29 is 14.3 Å². The second kappa shape index (κ2) is 6.64. The number of carbonyl (C=O) groups excluding carboxylic acids is 1. The van der Waals surface area contributed by atoms with Crippen LogP contribution in [0.3, 0.4) is 0 Å². The summed E-state index contributed by atoms with van der Waals surface area (Å²) in [6, 6.07) is 11.2. The number of nitrogens with zero attached hydrogens (tertiary/aromatic N) is 1. The van der Waals surface area contributed by atoms with Gasteiger partial charge in [-0.15, -0.1) is 0 Å². The van der Waals surface area contributed by atoms with Crippen molar-refractivity contribution in [3.63, 3.8) is 0 Å². The standard InChI is InChI=1S/C17H16N2O3/c1-3-9-21-17(20)14-11(2)22-16(19)13(10-18)15(14)12-7-5-4-6-8-12/h3-8,15H,1,9,19H2,2H3. The Labute approximate surface area is 128 Å². The van der Waals surface area contributed by atoms with E-state index < -0.39 is 11.9 Å². The second-order valence-electron chi connectivity index (χ2n) is 4.69. The van der Waals surface area contributed by atoms with E-state index in [1.165, 1.54) is 6.08 Å². The normalized spacial score (nSPS) is 17.5. The first-order chi connectivity index (χ1) is 10.6. The summed E-state index contributed by atoms with van der Waals surface area (Å²) in [5.74, 6) is -0.808. The molecule has 0 spiro atoms. The molecule has 1 aromatic carbocycles. The average molecular weight is 296 g/mol. The molecule has 1 aliphatic rings. The molecule has 0 amide bonds. The van der Waals surface area contributed by atoms with Gasteiger partial charge in [0.1, 0.15) is 24.0 Å². The number of ether oxygens (including phenoxy) is 2. The van der Waals surface area contributed by atoms with Crippen molar-refractivity contribution in [3.8, 4) is 6.07 Å². The molecule has 1 aliphatic heterocycles. The molecule has 112 valence electrons. The van der Waals surface area contributed by atoms with E-state index in [0.29, 0.717) is 5.76 Å². The third-order valence-electron chi connectivity index (χ3n) is 3.29. The van der Waals surface area contributed by atoms with Crippen molar-refractivity contribution >= 4 is 5.97 Å². The minimum atomic E-state index is -0.600. The van der Waals surface area contributed by atoms with Crippen LogP contribution in [0.1, 0.15) is 18.4 Å². The second-order valence-corrected chi connectivity index (χ2v) is 4.69. The van der Waals surface area contributed by atoms with Gasteiger partial charge in [0.15, 0.2) is 0 Å². The zero-order chi connectivity index (χ0) is 16.1. The van der Waals surface area contributed by atoms with Gasteiger partial charge in [0.05, 0.1) is 11.5 Å². The number of rotatable bonds is 4. The van der Waals surface area contributed by atoms with Crippen molar-refractivity contribution in [2.75, 3.05) is 6.61 Å². The Kier molecular flexibility index (Phi) is 4.64. The van der Waals surface area contributed by atoms with Crippen LogP contribution in [0, 0.1) is 11.3 Å². The van der Waals surface area contributed by atoms with Gasteiger partial charge in [-0.2, -0.15) is 5.26 Å². The minimum Gasteiger partial charge on any atom is -0.458 e. The SMILES string of the molecule is C=CCOC(=O)C1=C(C)OC(N)=C(C#N)C1c1ccccc1. The molecule has 0 bridgehead atoms. The molecule has 0 aromatic heterocycles. The molecular weight excluding hydrogens is 280 g/mol. The summed E-state index contributed by atoms with van der Waals surface area (Å²) in [5, 5.41) is 9.40. The number of hydrogen-bond donors (Lipinski definition) is 1. The molecule has 0 radical (unpaired) electrons. The maximum atomic E-state index is 12.3. The zero-order valence-corrected chi connectivity index (χ0v) is 12.2. The lowest BCUT2D eigenvalue weighted by molar-refractivity contribution is -0.138. The molecule has 0 aliphatic carbocycles.